The van der Waals surface area contributed by atoms with E-state index in [-0.39, 0.29) is 5.66 Å². The molecule has 0 unspecified atom stereocenters. The highest BCUT2D eigenvalue weighted by Crippen LogP contribution is 2.20. The molecule has 0 atom stereocenters. The molecule has 72 valence electrons. The van der Waals surface area contributed by atoms with Crippen LogP contribution >= 0.6 is 0 Å². The number of furan rings is 1. The molecule has 14 heavy (non-hydrogen) atoms. The second-order valence-electron chi connectivity index (χ2n) is 2.93. The van der Waals surface area contributed by atoms with Crippen molar-refractivity contribution in [2.24, 2.45) is 0 Å². The first kappa shape index (κ1) is 9.11. The molecule has 5 heteroatoms. The summed E-state index contributed by atoms with van der Waals surface area (Å²) >= 11 is 0. The van der Waals surface area contributed by atoms with E-state index < -0.39 is 7.12 Å². The van der Waals surface area contributed by atoms with Gasteiger partial charge in [0, 0.05) is 5.39 Å². The van der Waals surface area contributed by atoms with E-state index in [0.717, 1.165) is 5.39 Å². The highest BCUT2D eigenvalue weighted by molar-refractivity contribution is 6.57. The van der Waals surface area contributed by atoms with E-state index in [1.807, 2.05) is 0 Å². The molecule has 0 radical (unpaired) electrons. The van der Waals surface area contributed by atoms with Crippen LogP contribution in [-0.2, 0) is 0 Å². The number of hydrogen-bond donors (Lipinski definition) is 2. The molecular weight excluding hydrogens is 185 g/mol. The van der Waals surface area contributed by atoms with Gasteiger partial charge in [0.05, 0.1) is 7.11 Å². The van der Waals surface area contributed by atoms with Gasteiger partial charge in [-0.1, -0.05) is 0 Å². The lowest BCUT2D eigenvalue weighted by atomic mass is 9.93. The minimum atomic E-state index is -1.58. The van der Waals surface area contributed by atoms with E-state index >= 15 is 0 Å². The third-order valence-electron chi connectivity index (χ3n) is 2.00. The van der Waals surface area contributed by atoms with Gasteiger partial charge in [0.1, 0.15) is 17.0 Å². The van der Waals surface area contributed by atoms with E-state index in [2.05, 4.69) is 0 Å². The largest absolute Gasteiger partial charge is 0.526 e. The summed E-state index contributed by atoms with van der Waals surface area (Å²) in [5.74, 6) is 0.706. The van der Waals surface area contributed by atoms with Crippen LogP contribution in [0.3, 0.4) is 0 Å². The van der Waals surface area contributed by atoms with Crippen LogP contribution < -0.4 is 10.4 Å². The molecule has 0 aliphatic carbocycles. The van der Waals surface area contributed by atoms with E-state index in [1.54, 1.807) is 31.4 Å². The molecule has 2 N–H and O–H groups in total. The molecule has 0 fully saturated rings. The quantitative estimate of drug-likeness (QED) is 0.666. The maximum atomic E-state index is 8.88. The van der Waals surface area contributed by atoms with Gasteiger partial charge in [-0.15, -0.1) is 0 Å². The number of benzene rings is 1. The summed E-state index contributed by atoms with van der Waals surface area (Å²) in [6, 6.07) is 6.81. The van der Waals surface area contributed by atoms with Crippen LogP contribution in [0.1, 0.15) is 0 Å². The fourth-order valence-corrected chi connectivity index (χ4v) is 1.30. The van der Waals surface area contributed by atoms with Crippen LogP contribution in [-0.4, -0.2) is 24.3 Å². The first-order chi connectivity index (χ1) is 6.70. The molecule has 0 aliphatic heterocycles. The van der Waals surface area contributed by atoms with Crippen LogP contribution in [0.4, 0.5) is 0 Å². The number of rotatable bonds is 2. The predicted octanol–water partition coefficient (Wildman–Crippen LogP) is 0.121. The fourth-order valence-electron chi connectivity index (χ4n) is 1.30. The van der Waals surface area contributed by atoms with Crippen LogP contribution in [0, 0.1) is 0 Å². The lowest BCUT2D eigenvalue weighted by Crippen LogP contribution is -2.27. The van der Waals surface area contributed by atoms with Crippen molar-refractivity contribution in [1.29, 1.82) is 0 Å². The predicted molar refractivity (Wildman–Crippen MR) is 52.6 cm³/mol. The molecule has 1 aromatic heterocycles. The number of fused-ring (bicyclic) bond motifs is 1. The van der Waals surface area contributed by atoms with Gasteiger partial charge < -0.3 is 19.2 Å². The van der Waals surface area contributed by atoms with Gasteiger partial charge in [-0.2, -0.15) is 0 Å². The van der Waals surface area contributed by atoms with Crippen molar-refractivity contribution in [2.45, 2.75) is 0 Å². The normalized spacial score (nSPS) is 10.5. The van der Waals surface area contributed by atoms with Crippen molar-refractivity contribution in [2.75, 3.05) is 7.11 Å². The van der Waals surface area contributed by atoms with Crippen molar-refractivity contribution in [3.8, 4) is 5.75 Å². The molecule has 0 spiro atoms. The Morgan fingerprint density at radius 3 is 2.86 bits per heavy atom. The SMILES string of the molecule is COc1ccc2oc(B(O)O)[14cH]c2c1. The third-order valence-corrected chi connectivity index (χ3v) is 2.00. The maximum absolute atomic E-state index is 8.88. The van der Waals surface area contributed by atoms with Crippen LogP contribution in [0.25, 0.3) is 11.0 Å². The lowest BCUT2D eigenvalue weighted by Gasteiger charge is -1.96. The summed E-state index contributed by atoms with van der Waals surface area (Å²) in [6.45, 7) is 0. The average molecular weight is 194 g/mol. The Morgan fingerprint density at radius 1 is 1.43 bits per heavy atom. The van der Waals surface area contributed by atoms with Crippen molar-refractivity contribution in [3.63, 3.8) is 0 Å². The van der Waals surface area contributed by atoms with Gasteiger partial charge in [0.25, 0.3) is 0 Å². The minimum Gasteiger partial charge on any atom is -0.497 e. The first-order valence-corrected chi connectivity index (χ1v) is 4.14. The zero-order chi connectivity index (χ0) is 10.1. The molecule has 2 rings (SSSR count). The zero-order valence-electron chi connectivity index (χ0n) is 7.60. The highest BCUT2D eigenvalue weighted by Gasteiger charge is 2.16. The second kappa shape index (κ2) is 3.36. The van der Waals surface area contributed by atoms with Crippen molar-refractivity contribution >= 4 is 23.7 Å². The van der Waals surface area contributed by atoms with E-state index in [9.17, 15) is 0 Å². The Balaban J connectivity index is 2.54. The summed E-state index contributed by atoms with van der Waals surface area (Å²) in [4.78, 5) is 0. The van der Waals surface area contributed by atoms with Crippen molar-refractivity contribution in [1.82, 2.24) is 0 Å². The summed E-state index contributed by atoms with van der Waals surface area (Å²) in [5, 5.41) is 18.5. The first-order valence-electron chi connectivity index (χ1n) is 4.14. The maximum Gasteiger partial charge on any atom is 0.526 e. The molecule has 0 saturated carbocycles. The smallest absolute Gasteiger partial charge is 0.497 e. The lowest BCUT2D eigenvalue weighted by molar-refractivity contribution is 0.412. The number of hydrogen-bond acceptors (Lipinski definition) is 4. The Hall–Kier alpha value is -1.46. The van der Waals surface area contributed by atoms with Gasteiger partial charge in [-0.3, -0.25) is 0 Å². The van der Waals surface area contributed by atoms with Crippen LogP contribution in [0.5, 0.6) is 5.75 Å². The summed E-state index contributed by atoms with van der Waals surface area (Å²) in [7, 11) is -0.00309. The summed E-state index contributed by atoms with van der Waals surface area (Å²) < 4.78 is 10.2. The van der Waals surface area contributed by atoms with Crippen LogP contribution in [0.2, 0.25) is 0 Å². The standard InChI is InChI=1S/C9H9BO4/c1-13-7-2-3-8-6(4-7)5-9(14-8)10(11)12/h2-5,11-12H,1H3/i5+2. The van der Waals surface area contributed by atoms with E-state index in [1.165, 1.54) is 0 Å². The van der Waals surface area contributed by atoms with Gasteiger partial charge in [0.2, 0.25) is 0 Å². The zero-order valence-corrected chi connectivity index (χ0v) is 7.60. The topological polar surface area (TPSA) is 62.8 Å². The molecule has 1 aromatic carbocycles. The third kappa shape index (κ3) is 1.47. The molecule has 4 nitrogen and oxygen atoms in total. The monoisotopic (exact) mass is 194 g/mol. The van der Waals surface area contributed by atoms with Crippen molar-refractivity contribution in [3.05, 3.63) is 24.3 Å². The van der Waals surface area contributed by atoms with Gasteiger partial charge in [-0.05, 0) is 24.3 Å². The van der Waals surface area contributed by atoms with Gasteiger partial charge in [0.15, 0.2) is 0 Å². The Bertz CT molecular complexity index is 449. The summed E-state index contributed by atoms with van der Waals surface area (Å²) in [5.41, 5.74) is 0.738. The minimum absolute atomic E-state index is 0.133. The van der Waals surface area contributed by atoms with E-state index in [0.29, 0.717) is 11.3 Å². The van der Waals surface area contributed by atoms with Crippen LogP contribution in [0.15, 0.2) is 28.7 Å². The molecule has 0 saturated heterocycles. The number of ether oxygens (including phenoxy) is 1. The molecule has 1 heterocycles. The molecule has 0 bridgehead atoms. The molecule has 2 aromatic rings. The summed E-state index contributed by atoms with van der Waals surface area (Å²) in [6.07, 6.45) is 0. The Kier molecular flexibility index (Phi) is 2.19. The van der Waals surface area contributed by atoms with Crippen molar-refractivity contribution < 1.29 is 19.2 Å². The Morgan fingerprint density at radius 2 is 2.21 bits per heavy atom. The van der Waals surface area contributed by atoms with Gasteiger partial charge in [-0.25, -0.2) is 0 Å². The van der Waals surface area contributed by atoms with E-state index in [4.69, 9.17) is 19.2 Å². The fraction of sp³-hybridized carbons (Fsp3) is 0.111. The van der Waals surface area contributed by atoms with Gasteiger partial charge >= 0.3 is 7.12 Å². The Labute approximate surface area is 80.9 Å². The average Bonchev–Trinajstić information content (AvgIpc) is 2.59. The molecule has 0 aliphatic rings. The second-order valence-corrected chi connectivity index (χ2v) is 2.93. The molecular formula is C9H9BO4. The molecule has 0 amide bonds. The number of methoxy groups -OCH3 is 1. The highest BCUT2D eigenvalue weighted by atomic mass is 16.5.